The van der Waals surface area contributed by atoms with Crippen molar-refractivity contribution < 1.29 is 37.9 Å². The van der Waals surface area contributed by atoms with E-state index in [9.17, 15) is 33.6 Å². The Bertz CT molecular complexity index is 2060. The van der Waals surface area contributed by atoms with Gasteiger partial charge in [0.25, 0.3) is 17.5 Å². The van der Waals surface area contributed by atoms with Crippen LogP contribution < -0.4 is 9.47 Å². The molecule has 2 aliphatic heterocycles. The van der Waals surface area contributed by atoms with Gasteiger partial charge in [0, 0.05) is 74.0 Å². The minimum Gasteiger partial charge on any atom is -0.484 e. The zero-order valence-corrected chi connectivity index (χ0v) is 34.9. The van der Waals surface area contributed by atoms with Crippen LogP contribution in [0.25, 0.3) is 0 Å². The predicted octanol–water partition coefficient (Wildman–Crippen LogP) is 7.36. The highest BCUT2D eigenvalue weighted by molar-refractivity contribution is 6.32. The average Bonchev–Trinajstić information content (AvgIpc) is 3.21. The van der Waals surface area contributed by atoms with Crippen LogP contribution in [0, 0.1) is 21.7 Å². The molecule has 316 valence electrons. The summed E-state index contributed by atoms with van der Waals surface area (Å²) in [6.45, 7) is 11.5. The smallest absolute Gasteiger partial charge is 0.291 e. The van der Waals surface area contributed by atoms with E-state index in [0.717, 1.165) is 24.2 Å². The van der Waals surface area contributed by atoms with Gasteiger partial charge in [-0.15, -0.1) is 0 Å². The minimum absolute atomic E-state index is 0.0124. The Morgan fingerprint density at radius 2 is 1.20 bits per heavy atom. The van der Waals surface area contributed by atoms with Crippen LogP contribution in [0.4, 0.5) is 14.5 Å². The molecule has 2 heterocycles. The Labute approximate surface area is 353 Å². The number of piperazine rings is 2. The number of ether oxygens (including phenoxy) is 2. The Kier molecular flexibility index (Phi) is 16.0. The molecule has 16 heteroatoms. The number of halogens is 4. The Morgan fingerprint density at radius 1 is 0.712 bits per heavy atom. The molecule has 2 saturated heterocycles. The van der Waals surface area contributed by atoms with Crippen LogP contribution in [0.15, 0.2) is 84.9 Å². The van der Waals surface area contributed by atoms with Crippen molar-refractivity contribution in [2.45, 2.75) is 71.6 Å². The van der Waals surface area contributed by atoms with E-state index in [1.807, 2.05) is 25.7 Å². The molecule has 0 bridgehead atoms. The average molecular weight is 857 g/mol. The van der Waals surface area contributed by atoms with Crippen LogP contribution >= 0.6 is 23.2 Å². The molecule has 0 spiro atoms. The fraction of sp³-hybridized carbons (Fsp3) is 0.395. The molecular weight excluding hydrogens is 807 g/mol. The third-order valence-electron chi connectivity index (χ3n) is 10.5. The van der Waals surface area contributed by atoms with Gasteiger partial charge in [0.05, 0.1) is 17.6 Å². The third kappa shape index (κ3) is 12.6. The molecule has 6 rings (SSSR count). The lowest BCUT2D eigenvalue weighted by Crippen LogP contribution is -2.58. The highest BCUT2D eigenvalue weighted by Crippen LogP contribution is 2.29. The van der Waals surface area contributed by atoms with E-state index >= 15 is 0 Å². The van der Waals surface area contributed by atoms with Crippen molar-refractivity contribution in [2.75, 3.05) is 39.4 Å². The van der Waals surface area contributed by atoms with E-state index < -0.39 is 4.92 Å². The molecule has 2 amide bonds. The zero-order chi connectivity index (χ0) is 42.8. The van der Waals surface area contributed by atoms with Crippen molar-refractivity contribution in [2.24, 2.45) is 0 Å². The third-order valence-corrected chi connectivity index (χ3v) is 11.0. The Morgan fingerprint density at radius 3 is 1.68 bits per heavy atom. The molecule has 0 aliphatic carbocycles. The number of aliphatic hydroxyl groups excluding tert-OH is 1. The van der Waals surface area contributed by atoms with Crippen molar-refractivity contribution >= 4 is 40.7 Å². The SMILES string of the molecule is CC1CN(C(=O)COc2ccc(Cl)c([N+](=O)[O-])c2)C(C)CN1Cc1ccc(F)cc1.CC1CN(C(=O)COc2ccc(Cl)cc2CO)C(C)CN1Cc1ccc(F)cc1. The number of amides is 2. The van der Waals surface area contributed by atoms with Crippen molar-refractivity contribution in [3.05, 3.63) is 133 Å². The van der Waals surface area contributed by atoms with E-state index in [4.69, 9.17) is 32.7 Å². The Hall–Kier alpha value is -4.86. The first-order chi connectivity index (χ1) is 28.1. The highest BCUT2D eigenvalue weighted by Gasteiger charge is 2.33. The summed E-state index contributed by atoms with van der Waals surface area (Å²) in [5.74, 6) is -0.105. The molecule has 0 aromatic heterocycles. The van der Waals surface area contributed by atoms with Gasteiger partial charge in [0.1, 0.15) is 28.2 Å². The minimum atomic E-state index is -0.596. The maximum Gasteiger partial charge on any atom is 0.291 e. The summed E-state index contributed by atoms with van der Waals surface area (Å²) in [5.41, 5.74) is 2.35. The molecule has 4 atom stereocenters. The molecule has 0 radical (unpaired) electrons. The number of rotatable bonds is 12. The number of aliphatic hydroxyl groups is 1. The first-order valence-electron chi connectivity index (χ1n) is 19.3. The van der Waals surface area contributed by atoms with Crippen molar-refractivity contribution in [3.63, 3.8) is 0 Å². The molecule has 59 heavy (non-hydrogen) atoms. The lowest BCUT2D eigenvalue weighted by Gasteiger charge is -2.44. The van der Waals surface area contributed by atoms with Crippen LogP contribution in [0.3, 0.4) is 0 Å². The van der Waals surface area contributed by atoms with Crippen LogP contribution in [-0.4, -0.2) is 105 Å². The largest absolute Gasteiger partial charge is 0.484 e. The van der Waals surface area contributed by atoms with Crippen molar-refractivity contribution in [1.82, 2.24) is 19.6 Å². The first kappa shape index (κ1) is 45.2. The quantitative estimate of drug-likeness (QED) is 0.115. The maximum atomic E-state index is 13.1. The van der Waals surface area contributed by atoms with E-state index in [1.165, 1.54) is 42.5 Å². The first-order valence-corrected chi connectivity index (χ1v) is 20.0. The van der Waals surface area contributed by atoms with Crippen LogP contribution in [0.2, 0.25) is 10.0 Å². The number of carbonyl (C=O) groups is 2. The fourth-order valence-corrected chi connectivity index (χ4v) is 7.55. The summed E-state index contributed by atoms with van der Waals surface area (Å²) in [4.78, 5) is 44.0. The van der Waals surface area contributed by atoms with Gasteiger partial charge in [-0.05, 0) is 93.4 Å². The number of hydrogen-bond donors (Lipinski definition) is 1. The van der Waals surface area contributed by atoms with Gasteiger partial charge in [-0.1, -0.05) is 47.5 Å². The monoisotopic (exact) mass is 855 g/mol. The molecule has 1 N–H and O–H groups in total. The molecular formula is C43H49Cl2F2N5O7. The van der Waals surface area contributed by atoms with E-state index in [1.54, 1.807) is 47.4 Å². The summed E-state index contributed by atoms with van der Waals surface area (Å²) in [5, 5.41) is 20.9. The number of nitro groups is 1. The summed E-state index contributed by atoms with van der Waals surface area (Å²) < 4.78 is 37.4. The number of benzene rings is 4. The molecule has 0 saturated carbocycles. The molecule has 4 unspecified atom stereocenters. The second kappa shape index (κ2) is 20.9. The number of carbonyl (C=O) groups excluding carboxylic acids is 2. The van der Waals surface area contributed by atoms with Gasteiger partial charge in [-0.25, -0.2) is 8.78 Å². The second-order valence-corrected chi connectivity index (χ2v) is 15.8. The van der Waals surface area contributed by atoms with Crippen LogP contribution in [0.5, 0.6) is 11.5 Å². The molecule has 4 aromatic carbocycles. The van der Waals surface area contributed by atoms with E-state index in [0.29, 0.717) is 42.5 Å². The number of hydrogen-bond acceptors (Lipinski definition) is 9. The molecule has 2 aliphatic rings. The maximum absolute atomic E-state index is 13.1. The van der Waals surface area contributed by atoms with Crippen LogP contribution in [0.1, 0.15) is 44.4 Å². The summed E-state index contributed by atoms with van der Waals surface area (Å²) in [7, 11) is 0. The molecule has 4 aromatic rings. The van der Waals surface area contributed by atoms with Gasteiger partial charge in [0.2, 0.25) is 0 Å². The predicted molar refractivity (Wildman–Crippen MR) is 221 cm³/mol. The van der Waals surface area contributed by atoms with Crippen molar-refractivity contribution in [1.29, 1.82) is 0 Å². The fourth-order valence-electron chi connectivity index (χ4n) is 7.17. The number of nitrogens with zero attached hydrogens (tertiary/aromatic N) is 5. The Balaban J connectivity index is 0.000000224. The number of nitro benzene ring substituents is 1. The normalized spacial score (nSPS) is 19.7. The van der Waals surface area contributed by atoms with Crippen molar-refractivity contribution in [3.8, 4) is 11.5 Å². The highest BCUT2D eigenvalue weighted by atomic mass is 35.5. The zero-order valence-electron chi connectivity index (χ0n) is 33.4. The van der Waals surface area contributed by atoms with Gasteiger partial charge in [-0.3, -0.25) is 29.5 Å². The lowest BCUT2D eigenvalue weighted by molar-refractivity contribution is -0.384. The second-order valence-electron chi connectivity index (χ2n) is 15.0. The molecule has 12 nitrogen and oxygen atoms in total. The standard InChI is InChI=1S/C22H26ClFN2O3.C21H23ClFN3O4/c1-15-11-26(16(2)10-25(15)12-17-3-6-20(24)7-4-17)22(28)14-29-21-8-5-19(23)9-18(21)13-27;1-14-11-25(15(2)10-24(14)12-16-3-5-17(23)6-4-16)21(27)13-30-18-7-8-19(22)20(9-18)26(28)29/h3-9,15-16,27H,10-14H2,1-2H3;3-9,14-15H,10-13H2,1-2H3. The van der Waals surface area contributed by atoms with E-state index in [-0.39, 0.29) is 83.9 Å². The summed E-state index contributed by atoms with van der Waals surface area (Å²) in [6, 6.07) is 22.3. The van der Waals surface area contributed by atoms with E-state index in [2.05, 4.69) is 16.7 Å². The van der Waals surface area contributed by atoms with Gasteiger partial charge < -0.3 is 24.4 Å². The topological polar surface area (TPSA) is 129 Å². The summed E-state index contributed by atoms with van der Waals surface area (Å²) >= 11 is 11.7. The van der Waals surface area contributed by atoms with Gasteiger partial charge in [0.15, 0.2) is 13.2 Å². The lowest BCUT2D eigenvalue weighted by atomic mass is 10.1. The van der Waals surface area contributed by atoms with Gasteiger partial charge in [-0.2, -0.15) is 0 Å². The van der Waals surface area contributed by atoms with Gasteiger partial charge >= 0.3 is 0 Å². The molecule has 2 fully saturated rings. The van der Waals surface area contributed by atoms with Crippen LogP contribution in [-0.2, 0) is 29.3 Å². The summed E-state index contributed by atoms with van der Waals surface area (Å²) in [6.07, 6.45) is 0.